The molecule has 0 unspecified atom stereocenters. The number of nitrogens with zero attached hydrogens (tertiary/aromatic N) is 6. The maximum atomic E-state index is 11.0. The molecule has 59 heavy (non-hydrogen) atoms. The quantitative estimate of drug-likeness (QED) is 0.0262. The van der Waals surface area contributed by atoms with Gasteiger partial charge in [-0.3, -0.25) is 19.2 Å². The van der Waals surface area contributed by atoms with Gasteiger partial charge in [0.25, 0.3) is 0 Å². The smallest absolute Gasteiger partial charge is 0.150 e. The van der Waals surface area contributed by atoms with Crippen LogP contribution in [0.2, 0.25) is 0 Å². The Bertz CT molecular complexity index is 1730. The molecule has 3 aromatic rings. The van der Waals surface area contributed by atoms with E-state index in [1.807, 2.05) is 18.2 Å². The number of unbranched alkanes of at least 4 members (excludes halogenated alkanes) is 6. The lowest BCUT2D eigenvalue weighted by molar-refractivity contribution is 0.110. The van der Waals surface area contributed by atoms with Crippen LogP contribution in [0.1, 0.15) is 127 Å². The summed E-state index contributed by atoms with van der Waals surface area (Å²) in [5, 5.41) is 23.6. The highest BCUT2D eigenvalue weighted by Gasteiger charge is 2.02. The number of rotatable bonds is 33. The lowest BCUT2D eigenvalue weighted by Crippen LogP contribution is -1.96. The summed E-state index contributed by atoms with van der Waals surface area (Å²) in [5.41, 5.74) is 5.07. The molecule has 16 heteroatoms. The molecule has 0 saturated carbocycles. The van der Waals surface area contributed by atoms with Crippen molar-refractivity contribution in [2.75, 3.05) is 39.6 Å². The molecule has 0 aliphatic heterocycles. The van der Waals surface area contributed by atoms with E-state index in [0.29, 0.717) is 98.2 Å². The lowest BCUT2D eigenvalue weighted by Gasteiger charge is -2.03. The Morgan fingerprint density at radius 3 is 0.746 bits per heavy atom. The highest BCUT2D eigenvalue weighted by Crippen LogP contribution is 2.10. The number of oxime groups is 6. The van der Waals surface area contributed by atoms with E-state index >= 15 is 0 Å². The zero-order valence-corrected chi connectivity index (χ0v) is 33.0. The van der Waals surface area contributed by atoms with Crippen LogP contribution >= 0.6 is 0 Å². The summed E-state index contributed by atoms with van der Waals surface area (Å²) in [6.07, 6.45) is 17.8. The maximum Gasteiger partial charge on any atom is 0.150 e. The van der Waals surface area contributed by atoms with Crippen LogP contribution < -0.4 is 0 Å². The van der Waals surface area contributed by atoms with E-state index in [0.717, 1.165) is 74.5 Å². The minimum Gasteiger partial charge on any atom is -0.396 e. The molecule has 0 saturated heterocycles. The van der Waals surface area contributed by atoms with Crippen molar-refractivity contribution in [1.82, 2.24) is 0 Å². The van der Waals surface area contributed by atoms with E-state index in [-0.39, 0.29) is 0 Å². The summed E-state index contributed by atoms with van der Waals surface area (Å²) in [4.78, 5) is 76.1. The fraction of sp³-hybridized carbons (Fsp3) is 0.349. The van der Waals surface area contributed by atoms with Gasteiger partial charge in [0.1, 0.15) is 64.8 Å². The molecule has 0 aliphatic carbocycles. The monoisotopic (exact) mass is 810 g/mol. The van der Waals surface area contributed by atoms with E-state index in [1.54, 1.807) is 42.9 Å². The van der Waals surface area contributed by atoms with Crippen molar-refractivity contribution < 1.29 is 48.2 Å². The molecule has 0 heterocycles. The van der Waals surface area contributed by atoms with Gasteiger partial charge in [0.2, 0.25) is 0 Å². The van der Waals surface area contributed by atoms with Crippen LogP contribution in [-0.4, -0.2) is 103 Å². The van der Waals surface area contributed by atoms with E-state index in [4.69, 9.17) is 29.0 Å². The summed E-state index contributed by atoms with van der Waals surface area (Å²) in [7, 11) is 0. The van der Waals surface area contributed by atoms with Crippen molar-refractivity contribution in [2.45, 2.75) is 57.8 Å². The molecular weight excluding hydrogens is 761 g/mol. The molecule has 0 amide bonds. The third-order valence-electron chi connectivity index (χ3n) is 7.93. The summed E-state index contributed by atoms with van der Waals surface area (Å²) >= 11 is 0. The molecular formula is C43H50N6O10. The molecule has 3 aromatic carbocycles. The Morgan fingerprint density at radius 2 is 0.525 bits per heavy atom. The second-order valence-electron chi connectivity index (χ2n) is 12.8. The van der Waals surface area contributed by atoms with Crippen LogP contribution in [0, 0.1) is 0 Å². The zero-order valence-electron chi connectivity index (χ0n) is 33.0. The number of carbonyl (C=O) groups is 4. The maximum absolute atomic E-state index is 11.0. The van der Waals surface area contributed by atoms with Crippen LogP contribution in [0.4, 0.5) is 0 Å². The van der Waals surface area contributed by atoms with Crippen molar-refractivity contribution in [1.29, 1.82) is 0 Å². The molecule has 0 spiro atoms. The number of hydrogen-bond donors (Lipinski definition) is 0. The van der Waals surface area contributed by atoms with Gasteiger partial charge in [0, 0.05) is 29.0 Å². The first-order valence-electron chi connectivity index (χ1n) is 19.2. The first kappa shape index (κ1) is 46.5. The molecule has 3 rings (SSSR count). The van der Waals surface area contributed by atoms with Crippen molar-refractivity contribution in [3.05, 3.63) is 105 Å². The zero-order chi connectivity index (χ0) is 42.0. The first-order chi connectivity index (χ1) is 29.1. The third kappa shape index (κ3) is 21.3. The van der Waals surface area contributed by atoms with Gasteiger partial charge >= 0.3 is 0 Å². The Kier molecular flexibility index (Phi) is 23.9. The molecule has 16 nitrogen and oxygen atoms in total. The van der Waals surface area contributed by atoms with E-state index in [1.165, 1.54) is 24.6 Å². The van der Waals surface area contributed by atoms with Gasteiger partial charge in [-0.1, -0.05) is 25.8 Å². The largest absolute Gasteiger partial charge is 0.396 e. The summed E-state index contributed by atoms with van der Waals surface area (Å²) in [5.74, 6) is 0. The Labute approximate surface area is 343 Å². The first-order valence-corrected chi connectivity index (χ1v) is 19.2. The fourth-order valence-corrected chi connectivity index (χ4v) is 5.10. The fourth-order valence-electron chi connectivity index (χ4n) is 5.10. The van der Waals surface area contributed by atoms with Gasteiger partial charge in [0.05, 0.1) is 31.1 Å². The van der Waals surface area contributed by atoms with Gasteiger partial charge in [-0.25, -0.2) is 0 Å². The number of aldehydes is 4. The second kappa shape index (κ2) is 30.3. The Morgan fingerprint density at radius 1 is 0.322 bits per heavy atom. The molecule has 0 fully saturated rings. The van der Waals surface area contributed by atoms with Gasteiger partial charge in [0.15, 0.2) is 0 Å². The molecule has 0 bridgehead atoms. The molecule has 0 N–H and O–H groups in total. The highest BCUT2D eigenvalue weighted by atomic mass is 16.6. The molecule has 312 valence electrons. The van der Waals surface area contributed by atoms with E-state index in [9.17, 15) is 19.2 Å². The average Bonchev–Trinajstić information content (AvgIpc) is 3.26. The minimum absolute atomic E-state index is 0.391. The number of hydrogen-bond acceptors (Lipinski definition) is 16. The minimum atomic E-state index is 0.391. The summed E-state index contributed by atoms with van der Waals surface area (Å²) in [6.45, 7) is 5.91. The highest BCUT2D eigenvalue weighted by molar-refractivity contribution is 5.92. The molecule has 0 aromatic heterocycles. The Hall–Kier alpha value is -6.84. The average molecular weight is 811 g/mol. The summed E-state index contributed by atoms with van der Waals surface area (Å²) < 4.78 is 0. The van der Waals surface area contributed by atoms with E-state index < -0.39 is 0 Å². The van der Waals surface area contributed by atoms with Crippen molar-refractivity contribution in [2.24, 2.45) is 30.9 Å². The van der Waals surface area contributed by atoms with Gasteiger partial charge < -0.3 is 29.0 Å². The predicted octanol–water partition coefficient (Wildman–Crippen LogP) is 7.23. The van der Waals surface area contributed by atoms with Crippen LogP contribution in [0.5, 0.6) is 0 Å². The number of carbonyl (C=O) groups excluding carboxylic acids is 4. The molecule has 0 atom stereocenters. The van der Waals surface area contributed by atoms with Crippen molar-refractivity contribution >= 4 is 62.9 Å². The third-order valence-corrected chi connectivity index (χ3v) is 7.93. The van der Waals surface area contributed by atoms with Crippen LogP contribution in [0.3, 0.4) is 0 Å². The summed E-state index contributed by atoms with van der Waals surface area (Å²) in [6, 6.07) is 15.1. The second-order valence-corrected chi connectivity index (χ2v) is 12.8. The normalized spacial score (nSPS) is 11.4. The van der Waals surface area contributed by atoms with E-state index in [2.05, 4.69) is 37.7 Å². The lowest BCUT2D eigenvalue weighted by atomic mass is 10.1. The standard InChI is InChI=1S/C43H50N6O10/c1-44-54-11-5-2-6-12-55-45-26-35-17-36(27-46-56-13-7-3-9-15-58-48-29-38-20-40(31-50)24-41(21-38)32-51)19-37(18-35)28-47-57-14-8-4-10-16-59-49-30-39-22-42(33-52)25-43(23-39)34-53/h17-34H,1-16H2/b45-26?,46-27-,47-28+,48-29?,49-30?. The van der Waals surface area contributed by atoms with Crippen LogP contribution in [0.25, 0.3) is 0 Å². The predicted molar refractivity (Wildman–Crippen MR) is 226 cm³/mol. The molecule has 0 aliphatic rings. The van der Waals surface area contributed by atoms with Crippen molar-refractivity contribution in [3.63, 3.8) is 0 Å². The van der Waals surface area contributed by atoms with Gasteiger partial charge in [-0.05, 0) is 140 Å². The molecule has 0 radical (unpaired) electrons. The van der Waals surface area contributed by atoms with Crippen molar-refractivity contribution in [3.8, 4) is 0 Å². The van der Waals surface area contributed by atoms with Crippen LogP contribution in [0.15, 0.2) is 85.5 Å². The van der Waals surface area contributed by atoms with Crippen LogP contribution in [-0.2, 0) is 29.0 Å². The van der Waals surface area contributed by atoms with Gasteiger partial charge in [-0.15, -0.1) is 5.16 Å². The Balaban J connectivity index is 1.39. The number of benzene rings is 3. The SMILES string of the molecule is C=NOCCCCCON=Cc1cc(/C=N\OCCCCCON=Cc2cc(C=O)cc(C=O)c2)cc(/C=N/OCCCCCON=Cc2cc(C=O)cc(C=O)c2)c1. The van der Waals surface area contributed by atoms with Gasteiger partial charge in [-0.2, -0.15) is 0 Å². The topological polar surface area (TPSA) is 198 Å².